The lowest BCUT2D eigenvalue weighted by atomic mass is 9.83. The molecule has 2 amide bonds. The van der Waals surface area contributed by atoms with Crippen LogP contribution in [0, 0.1) is 19.8 Å². The second-order valence-corrected chi connectivity index (χ2v) is 7.27. The van der Waals surface area contributed by atoms with E-state index in [1.165, 1.54) is 0 Å². The molecular weight excluding hydrogens is 370 g/mol. The lowest BCUT2D eigenvalue weighted by Gasteiger charge is -2.40. The van der Waals surface area contributed by atoms with Gasteiger partial charge >= 0.3 is 0 Å². The quantitative estimate of drug-likeness (QED) is 0.769. The van der Waals surface area contributed by atoms with Crippen LogP contribution in [-0.2, 0) is 16.1 Å². The number of rotatable bonds is 7. The highest BCUT2D eigenvalue weighted by atomic mass is 16.5. The maximum Gasteiger partial charge on any atom is 0.225 e. The van der Waals surface area contributed by atoms with Crippen LogP contribution < -0.4 is 10.1 Å². The number of likely N-dealkylation sites (tertiary alicyclic amines) is 1. The zero-order chi connectivity index (χ0) is 21.0. The van der Waals surface area contributed by atoms with Gasteiger partial charge in [0.05, 0.1) is 25.6 Å². The van der Waals surface area contributed by atoms with E-state index in [2.05, 4.69) is 15.4 Å². The molecule has 2 heterocycles. The van der Waals surface area contributed by atoms with Crippen LogP contribution in [0.3, 0.4) is 0 Å². The van der Waals surface area contributed by atoms with Crippen molar-refractivity contribution in [3.8, 4) is 5.75 Å². The van der Waals surface area contributed by atoms with E-state index in [9.17, 15) is 9.59 Å². The Balaban J connectivity index is 1.76. The van der Waals surface area contributed by atoms with Gasteiger partial charge in [-0.05, 0) is 44.9 Å². The summed E-state index contributed by atoms with van der Waals surface area (Å²) in [5.74, 6) is 1.99. The smallest absolute Gasteiger partial charge is 0.225 e. The largest absolute Gasteiger partial charge is 0.497 e. The SMILES string of the molecule is CCN1C(=O)CC[C@@H](C(=O)NCCn2nc(C)nc2C)[C@@H]1c1cccc(OC)c1. The second kappa shape index (κ2) is 9.07. The Bertz CT molecular complexity index is 879. The maximum atomic E-state index is 13.1. The Morgan fingerprint density at radius 2 is 2.14 bits per heavy atom. The molecule has 0 radical (unpaired) electrons. The molecule has 1 aromatic heterocycles. The van der Waals surface area contributed by atoms with Gasteiger partial charge in [-0.3, -0.25) is 9.59 Å². The van der Waals surface area contributed by atoms with Gasteiger partial charge in [0.15, 0.2) is 0 Å². The molecule has 0 spiro atoms. The lowest BCUT2D eigenvalue weighted by molar-refractivity contribution is -0.143. The van der Waals surface area contributed by atoms with Gasteiger partial charge < -0.3 is 15.0 Å². The monoisotopic (exact) mass is 399 g/mol. The summed E-state index contributed by atoms with van der Waals surface area (Å²) < 4.78 is 7.13. The number of nitrogens with zero attached hydrogens (tertiary/aromatic N) is 4. The van der Waals surface area contributed by atoms with Gasteiger partial charge in [-0.2, -0.15) is 5.10 Å². The van der Waals surface area contributed by atoms with Crippen LogP contribution in [0.15, 0.2) is 24.3 Å². The molecule has 1 aromatic carbocycles. The van der Waals surface area contributed by atoms with Crippen molar-refractivity contribution in [3.63, 3.8) is 0 Å². The molecule has 0 aliphatic carbocycles. The van der Waals surface area contributed by atoms with E-state index < -0.39 is 0 Å². The molecule has 156 valence electrons. The van der Waals surface area contributed by atoms with E-state index in [-0.39, 0.29) is 23.8 Å². The van der Waals surface area contributed by atoms with Crippen molar-refractivity contribution in [1.82, 2.24) is 25.0 Å². The summed E-state index contributed by atoms with van der Waals surface area (Å²) in [6, 6.07) is 7.32. The fraction of sp³-hybridized carbons (Fsp3) is 0.524. The van der Waals surface area contributed by atoms with Gasteiger partial charge in [-0.1, -0.05) is 12.1 Å². The van der Waals surface area contributed by atoms with Crippen LogP contribution in [0.1, 0.15) is 43.0 Å². The minimum absolute atomic E-state index is 0.0433. The van der Waals surface area contributed by atoms with Crippen LogP contribution >= 0.6 is 0 Å². The first-order valence-corrected chi connectivity index (χ1v) is 10.0. The van der Waals surface area contributed by atoms with Gasteiger partial charge in [0.25, 0.3) is 0 Å². The average molecular weight is 399 g/mol. The number of nitrogens with one attached hydrogen (secondary N) is 1. The predicted molar refractivity (Wildman–Crippen MR) is 108 cm³/mol. The second-order valence-electron chi connectivity index (χ2n) is 7.27. The van der Waals surface area contributed by atoms with E-state index in [4.69, 9.17) is 4.74 Å². The van der Waals surface area contributed by atoms with E-state index in [1.807, 2.05) is 45.0 Å². The van der Waals surface area contributed by atoms with E-state index in [0.29, 0.717) is 38.2 Å². The fourth-order valence-electron chi connectivity index (χ4n) is 4.03. The zero-order valence-corrected chi connectivity index (χ0v) is 17.5. The summed E-state index contributed by atoms with van der Waals surface area (Å²) >= 11 is 0. The number of hydrogen-bond acceptors (Lipinski definition) is 5. The lowest BCUT2D eigenvalue weighted by Crippen LogP contribution is -2.48. The van der Waals surface area contributed by atoms with E-state index >= 15 is 0 Å². The summed E-state index contributed by atoms with van der Waals surface area (Å²) in [5.41, 5.74) is 0.919. The standard InChI is InChI=1S/C21H29N5O3/c1-5-25-19(27)10-9-18(20(25)16-7-6-8-17(13-16)29-4)21(28)22-11-12-26-15(3)23-14(2)24-26/h6-8,13,18,20H,5,9-12H2,1-4H3,(H,22,28)/t18-,20+/m1/s1. The summed E-state index contributed by atoms with van der Waals surface area (Å²) in [6.07, 6.45) is 0.915. The van der Waals surface area contributed by atoms with Crippen molar-refractivity contribution in [3.05, 3.63) is 41.5 Å². The van der Waals surface area contributed by atoms with Gasteiger partial charge in [0, 0.05) is 19.5 Å². The van der Waals surface area contributed by atoms with Crippen molar-refractivity contribution in [1.29, 1.82) is 0 Å². The molecule has 0 saturated carbocycles. The highest BCUT2D eigenvalue weighted by Gasteiger charge is 2.39. The molecule has 1 saturated heterocycles. The third-order valence-electron chi connectivity index (χ3n) is 5.40. The molecule has 1 N–H and O–H groups in total. The van der Waals surface area contributed by atoms with Crippen LogP contribution in [0.25, 0.3) is 0 Å². The number of aryl methyl sites for hydroxylation is 2. The van der Waals surface area contributed by atoms with Crippen molar-refractivity contribution >= 4 is 11.8 Å². The first-order chi connectivity index (χ1) is 13.9. The summed E-state index contributed by atoms with van der Waals surface area (Å²) in [5, 5.41) is 7.35. The number of methoxy groups -OCH3 is 1. The van der Waals surface area contributed by atoms with Crippen molar-refractivity contribution in [2.45, 2.75) is 46.2 Å². The van der Waals surface area contributed by atoms with Crippen molar-refractivity contribution < 1.29 is 14.3 Å². The van der Waals surface area contributed by atoms with Gasteiger partial charge in [0.2, 0.25) is 11.8 Å². The average Bonchev–Trinajstić information content (AvgIpc) is 3.04. The molecule has 1 aliphatic rings. The Morgan fingerprint density at radius 3 is 2.79 bits per heavy atom. The fourth-order valence-corrected chi connectivity index (χ4v) is 4.03. The number of carbonyl (C=O) groups is 2. The van der Waals surface area contributed by atoms with E-state index in [0.717, 1.165) is 17.2 Å². The zero-order valence-electron chi connectivity index (χ0n) is 17.5. The summed E-state index contributed by atoms with van der Waals surface area (Å²) in [6.45, 7) is 7.27. The normalized spacial score (nSPS) is 19.3. The molecule has 8 nitrogen and oxygen atoms in total. The molecule has 1 aliphatic heterocycles. The highest BCUT2D eigenvalue weighted by Crippen LogP contribution is 2.37. The van der Waals surface area contributed by atoms with Crippen molar-refractivity contribution in [2.75, 3.05) is 20.2 Å². The molecule has 8 heteroatoms. The van der Waals surface area contributed by atoms with E-state index in [1.54, 1.807) is 16.7 Å². The first-order valence-electron chi connectivity index (χ1n) is 10.0. The van der Waals surface area contributed by atoms with Crippen LogP contribution in [0.4, 0.5) is 0 Å². The van der Waals surface area contributed by atoms with Crippen LogP contribution in [0.5, 0.6) is 5.75 Å². The molecular formula is C21H29N5O3. The molecule has 2 atom stereocenters. The Kier molecular flexibility index (Phi) is 6.51. The molecule has 0 unspecified atom stereocenters. The Morgan fingerprint density at radius 1 is 1.34 bits per heavy atom. The Hall–Kier alpha value is -2.90. The third kappa shape index (κ3) is 4.58. The molecule has 3 rings (SSSR count). The number of piperidine rings is 1. The van der Waals surface area contributed by atoms with Gasteiger partial charge in [0.1, 0.15) is 17.4 Å². The minimum atomic E-state index is -0.307. The minimum Gasteiger partial charge on any atom is -0.497 e. The third-order valence-corrected chi connectivity index (χ3v) is 5.40. The number of ether oxygens (including phenoxy) is 1. The van der Waals surface area contributed by atoms with Crippen molar-refractivity contribution in [2.24, 2.45) is 5.92 Å². The summed E-state index contributed by atoms with van der Waals surface area (Å²) in [7, 11) is 1.61. The highest BCUT2D eigenvalue weighted by molar-refractivity contribution is 5.85. The number of hydrogen-bond donors (Lipinski definition) is 1. The number of benzene rings is 1. The summed E-state index contributed by atoms with van der Waals surface area (Å²) in [4.78, 5) is 31.7. The Labute approximate surface area is 171 Å². The number of carbonyl (C=O) groups excluding carboxylic acids is 2. The van der Waals surface area contributed by atoms with Gasteiger partial charge in [-0.15, -0.1) is 0 Å². The van der Waals surface area contributed by atoms with Crippen LogP contribution in [0.2, 0.25) is 0 Å². The number of amides is 2. The molecule has 2 aromatic rings. The molecule has 1 fully saturated rings. The first kappa shape index (κ1) is 20.8. The van der Waals surface area contributed by atoms with Crippen LogP contribution in [-0.4, -0.2) is 51.7 Å². The topological polar surface area (TPSA) is 89.4 Å². The maximum absolute atomic E-state index is 13.1. The molecule has 29 heavy (non-hydrogen) atoms. The number of aromatic nitrogens is 3. The van der Waals surface area contributed by atoms with Gasteiger partial charge in [-0.25, -0.2) is 9.67 Å². The predicted octanol–water partition coefficient (Wildman–Crippen LogP) is 2.02. The molecule has 0 bridgehead atoms.